The molecule has 0 radical (unpaired) electrons. The molecule has 2 aliphatic rings. The van der Waals surface area contributed by atoms with Gasteiger partial charge in [0.25, 0.3) is 11.1 Å². The van der Waals surface area contributed by atoms with Gasteiger partial charge >= 0.3 is 5.97 Å². The van der Waals surface area contributed by atoms with Crippen molar-refractivity contribution < 1.29 is 23.9 Å². The lowest BCUT2D eigenvalue weighted by Crippen LogP contribution is -2.34. The Hall–Kier alpha value is -1.32. The number of ether oxygens (including phenoxy) is 2. The molecule has 2 fully saturated rings. The zero-order valence-corrected chi connectivity index (χ0v) is 19.9. The van der Waals surface area contributed by atoms with Crippen LogP contribution in [0.25, 0.3) is 6.08 Å². The van der Waals surface area contributed by atoms with E-state index in [-0.39, 0.29) is 17.8 Å². The summed E-state index contributed by atoms with van der Waals surface area (Å²) in [5, 5.41) is -0.206. The maximum Gasteiger partial charge on any atom is 0.343 e. The number of hydrogen-bond donors (Lipinski definition) is 0. The van der Waals surface area contributed by atoms with E-state index in [0.717, 1.165) is 30.2 Å². The van der Waals surface area contributed by atoms with Crippen LogP contribution in [0.4, 0.5) is 4.79 Å². The van der Waals surface area contributed by atoms with Crippen molar-refractivity contribution in [1.82, 2.24) is 4.90 Å². The van der Waals surface area contributed by atoms with Crippen LogP contribution in [0.3, 0.4) is 0 Å². The molecule has 1 aliphatic heterocycles. The van der Waals surface area contributed by atoms with Gasteiger partial charge in [-0.1, -0.05) is 19.3 Å². The number of methoxy groups -OCH3 is 1. The van der Waals surface area contributed by atoms with Gasteiger partial charge in [-0.15, -0.1) is 0 Å². The Kier molecular flexibility index (Phi) is 7.81. The molecule has 0 spiro atoms. The van der Waals surface area contributed by atoms with E-state index in [9.17, 15) is 14.4 Å². The minimum Gasteiger partial charge on any atom is -0.480 e. The summed E-state index contributed by atoms with van der Waals surface area (Å²) in [6.07, 6.45) is 7.43. The Morgan fingerprint density at radius 1 is 1.21 bits per heavy atom. The van der Waals surface area contributed by atoms with Crippen molar-refractivity contribution in [2.75, 3.05) is 20.3 Å². The van der Waals surface area contributed by atoms with E-state index in [0.29, 0.717) is 32.1 Å². The lowest BCUT2D eigenvalue weighted by atomic mass is 9.89. The molecule has 1 aromatic carbocycles. The lowest BCUT2D eigenvalue weighted by Gasteiger charge is -2.25. The minimum absolute atomic E-state index is 0.206. The average Bonchev–Trinajstić information content (AvgIpc) is 2.95. The van der Waals surface area contributed by atoms with Gasteiger partial charge < -0.3 is 9.47 Å². The van der Waals surface area contributed by atoms with Gasteiger partial charge in [-0.25, -0.2) is 4.79 Å². The highest BCUT2D eigenvalue weighted by atomic mass is 79.9. The SMILES string of the molecule is COC(=O)COc1c(Br)cc(/C=C2/SC(=O)N(CC3CCCCC3)C2=O)cc1Br. The first-order chi connectivity index (χ1) is 13.9. The first-order valence-corrected chi connectivity index (χ1v) is 11.7. The van der Waals surface area contributed by atoms with Crippen molar-refractivity contribution in [1.29, 1.82) is 0 Å². The van der Waals surface area contributed by atoms with E-state index in [1.807, 2.05) is 0 Å². The molecule has 6 nitrogen and oxygen atoms in total. The van der Waals surface area contributed by atoms with Crippen LogP contribution in [0.15, 0.2) is 26.0 Å². The summed E-state index contributed by atoms with van der Waals surface area (Å²) in [7, 11) is 1.29. The van der Waals surface area contributed by atoms with E-state index in [2.05, 4.69) is 36.6 Å². The van der Waals surface area contributed by atoms with E-state index in [4.69, 9.17) is 4.74 Å². The topological polar surface area (TPSA) is 72.9 Å². The summed E-state index contributed by atoms with van der Waals surface area (Å²) < 4.78 is 11.3. The number of esters is 1. The number of imide groups is 1. The van der Waals surface area contributed by atoms with Crippen LogP contribution in [0.2, 0.25) is 0 Å². The minimum atomic E-state index is -0.487. The number of thioether (sulfide) groups is 1. The van der Waals surface area contributed by atoms with Crippen LogP contribution >= 0.6 is 43.6 Å². The predicted octanol–water partition coefficient (Wildman–Crippen LogP) is 5.38. The molecule has 1 saturated carbocycles. The van der Waals surface area contributed by atoms with Crippen LogP contribution in [-0.4, -0.2) is 42.3 Å². The molecule has 0 N–H and O–H groups in total. The van der Waals surface area contributed by atoms with Gasteiger partial charge in [-0.2, -0.15) is 0 Å². The highest BCUT2D eigenvalue weighted by Gasteiger charge is 2.36. The fourth-order valence-corrected chi connectivity index (χ4v) is 5.73. The maximum absolute atomic E-state index is 12.8. The third kappa shape index (κ3) is 5.64. The molecule has 0 aromatic heterocycles. The second-order valence-corrected chi connectivity index (χ2v) is 9.68. The standard InChI is InChI=1S/C20H21Br2NO5S/c1-27-17(24)11-28-18-14(21)7-13(8-15(18)22)9-16-19(25)23(20(26)29-16)10-12-5-3-2-4-6-12/h7-9,12H,2-6,10-11H2,1H3/b16-9+. The zero-order chi connectivity index (χ0) is 21.0. The number of rotatable bonds is 6. The van der Waals surface area contributed by atoms with Crippen molar-refractivity contribution in [2.24, 2.45) is 5.92 Å². The first kappa shape index (κ1) is 22.4. The van der Waals surface area contributed by atoms with Crippen LogP contribution < -0.4 is 4.74 Å². The molecule has 0 atom stereocenters. The summed E-state index contributed by atoms with van der Waals surface area (Å²) >= 11 is 7.81. The molecule has 1 heterocycles. The van der Waals surface area contributed by atoms with Crippen LogP contribution in [0.5, 0.6) is 5.75 Å². The van der Waals surface area contributed by atoms with Gasteiger partial charge in [0.05, 0.1) is 21.0 Å². The fraction of sp³-hybridized carbons (Fsp3) is 0.450. The molecule has 1 aromatic rings. The predicted molar refractivity (Wildman–Crippen MR) is 119 cm³/mol. The summed E-state index contributed by atoms with van der Waals surface area (Å²) in [5.41, 5.74) is 0.734. The molecule has 29 heavy (non-hydrogen) atoms. The molecular weight excluding hydrogens is 526 g/mol. The van der Waals surface area contributed by atoms with Crippen molar-refractivity contribution in [3.63, 3.8) is 0 Å². The largest absolute Gasteiger partial charge is 0.480 e. The molecule has 0 bridgehead atoms. The van der Waals surface area contributed by atoms with Crippen LogP contribution in [-0.2, 0) is 14.3 Å². The third-order valence-corrected chi connectivity index (χ3v) is 7.00. The molecule has 1 aliphatic carbocycles. The summed E-state index contributed by atoms with van der Waals surface area (Å²) in [6, 6.07) is 3.54. The Bertz CT molecular complexity index is 828. The van der Waals surface area contributed by atoms with Crippen LogP contribution in [0.1, 0.15) is 37.7 Å². The van der Waals surface area contributed by atoms with Crippen LogP contribution in [0, 0.1) is 5.92 Å². The third-order valence-electron chi connectivity index (χ3n) is 4.92. The fourth-order valence-electron chi connectivity index (χ4n) is 3.43. The number of halogens is 2. The van der Waals surface area contributed by atoms with E-state index < -0.39 is 5.97 Å². The highest BCUT2D eigenvalue weighted by Crippen LogP contribution is 2.38. The average molecular weight is 547 g/mol. The van der Waals surface area contributed by atoms with Crippen molar-refractivity contribution in [2.45, 2.75) is 32.1 Å². The van der Waals surface area contributed by atoms with Crippen molar-refractivity contribution in [3.8, 4) is 5.75 Å². The summed E-state index contributed by atoms with van der Waals surface area (Å²) in [4.78, 5) is 38.2. The number of carbonyl (C=O) groups is 3. The normalized spacial score (nSPS) is 19.1. The zero-order valence-electron chi connectivity index (χ0n) is 15.9. The van der Waals surface area contributed by atoms with Crippen molar-refractivity contribution in [3.05, 3.63) is 31.5 Å². The molecule has 1 saturated heterocycles. The summed E-state index contributed by atoms with van der Waals surface area (Å²) in [6.45, 7) is 0.294. The van der Waals surface area contributed by atoms with Gasteiger partial charge in [0.2, 0.25) is 0 Å². The summed E-state index contributed by atoms with van der Waals surface area (Å²) in [5.74, 6) is 0.146. The maximum atomic E-state index is 12.8. The number of hydrogen-bond acceptors (Lipinski definition) is 6. The number of amides is 2. The molecule has 3 rings (SSSR count). The second kappa shape index (κ2) is 10.1. The van der Waals surface area contributed by atoms with Gasteiger partial charge in [-0.3, -0.25) is 14.5 Å². The van der Waals surface area contributed by atoms with Crippen molar-refractivity contribution >= 4 is 66.8 Å². The van der Waals surface area contributed by atoms with Gasteiger partial charge in [0, 0.05) is 6.54 Å². The Labute approximate surface area is 190 Å². The monoisotopic (exact) mass is 545 g/mol. The van der Waals surface area contributed by atoms with E-state index in [1.54, 1.807) is 18.2 Å². The molecule has 2 amide bonds. The number of carbonyl (C=O) groups excluding carboxylic acids is 3. The first-order valence-electron chi connectivity index (χ1n) is 9.33. The Balaban J connectivity index is 1.73. The van der Waals surface area contributed by atoms with Gasteiger partial charge in [-0.05, 0) is 86.2 Å². The molecule has 9 heteroatoms. The second-order valence-electron chi connectivity index (χ2n) is 6.97. The lowest BCUT2D eigenvalue weighted by molar-refractivity contribution is -0.143. The van der Waals surface area contributed by atoms with Gasteiger partial charge in [0.15, 0.2) is 6.61 Å². The quantitative estimate of drug-likeness (QED) is 0.352. The highest BCUT2D eigenvalue weighted by molar-refractivity contribution is 9.11. The van der Waals surface area contributed by atoms with Gasteiger partial charge in [0.1, 0.15) is 5.75 Å². The smallest absolute Gasteiger partial charge is 0.343 e. The number of benzene rings is 1. The Morgan fingerprint density at radius 2 is 1.86 bits per heavy atom. The number of nitrogens with zero attached hydrogens (tertiary/aromatic N) is 1. The Morgan fingerprint density at radius 3 is 2.48 bits per heavy atom. The van der Waals surface area contributed by atoms with E-state index >= 15 is 0 Å². The molecule has 0 unspecified atom stereocenters. The molecular formula is C20H21Br2NO5S. The van der Waals surface area contributed by atoms with E-state index in [1.165, 1.54) is 31.3 Å². The molecule has 156 valence electrons.